The van der Waals surface area contributed by atoms with Crippen LogP contribution in [0.1, 0.15) is 60.3 Å². The Hall–Kier alpha value is -2.97. The number of fused-ring (bicyclic) bond motifs is 1. The molecule has 1 aromatic carbocycles. The molecular weight excluding hydrogens is 401 g/mol. The van der Waals surface area contributed by atoms with Crippen LogP contribution in [-0.2, 0) is 0 Å². The number of ether oxygens (including phenoxy) is 1. The number of hydrogen-bond donors (Lipinski definition) is 3. The average molecular weight is 427 g/mol. The maximum absolute atomic E-state index is 13.5. The summed E-state index contributed by atoms with van der Waals surface area (Å²) >= 11 is 0. The van der Waals surface area contributed by atoms with Crippen molar-refractivity contribution in [2.45, 2.75) is 57.0 Å². The van der Waals surface area contributed by atoms with Crippen molar-refractivity contribution in [3.05, 3.63) is 65.4 Å². The number of nitrogens with zero attached hydrogens (tertiary/aromatic N) is 2. The molecule has 1 fully saturated rings. The van der Waals surface area contributed by atoms with Gasteiger partial charge in [-0.1, -0.05) is 13.0 Å². The smallest absolute Gasteiger partial charge is 0.252 e. The van der Waals surface area contributed by atoms with Crippen LogP contribution < -0.4 is 10.5 Å². The van der Waals surface area contributed by atoms with Gasteiger partial charge in [0.05, 0.1) is 11.6 Å². The minimum Gasteiger partial charge on any atom is -0.487 e. The summed E-state index contributed by atoms with van der Waals surface area (Å²) in [6.45, 7) is 4.05. The van der Waals surface area contributed by atoms with E-state index in [0.717, 1.165) is 35.5 Å². The van der Waals surface area contributed by atoms with Crippen molar-refractivity contribution in [1.29, 1.82) is 0 Å². The third-order valence-electron chi connectivity index (χ3n) is 6.12. The van der Waals surface area contributed by atoms with Crippen molar-refractivity contribution < 1.29 is 24.1 Å². The first-order chi connectivity index (χ1) is 14.8. The second-order valence-electron chi connectivity index (χ2n) is 8.20. The number of aliphatic hydroxyl groups is 2. The van der Waals surface area contributed by atoms with Gasteiger partial charge in [-0.3, -0.25) is 9.79 Å². The standard InChI is InChI=1S/C23H26FN3O4/c1-12-4-3-8-26-13(2)15-7-9-27(20(12)15)17-11-19(22(29)21(17)28)31-18-6-5-14(24)10-16(18)23(25)30/h3,5-10,12,17,19,21-22,28-29H,4,11H2,1-2H3,(H2,25,30)/b8-3+,26-13-/t12?,17-,19?,21+,22-/m1/s1. The van der Waals surface area contributed by atoms with E-state index in [1.165, 1.54) is 6.07 Å². The molecule has 2 aliphatic rings. The third-order valence-corrected chi connectivity index (χ3v) is 6.12. The SMILES string of the molecule is C/C1=N/C=C/CC(C)c2c1ccn2[C@@H]1CC(Oc2ccc(F)cc2C(N)=O)[C@@H](O)[C@H]1O. The van der Waals surface area contributed by atoms with Crippen LogP contribution >= 0.6 is 0 Å². The Morgan fingerprint density at radius 1 is 1.29 bits per heavy atom. The molecule has 1 aromatic heterocycles. The molecule has 0 spiro atoms. The molecule has 0 bridgehead atoms. The number of aliphatic hydroxyl groups excluding tert-OH is 2. The Balaban J connectivity index is 1.64. The number of nitrogens with two attached hydrogens (primary N) is 1. The lowest BCUT2D eigenvalue weighted by Crippen LogP contribution is -2.34. The number of carbonyl (C=O) groups excluding carboxylic acids is 1. The number of carbonyl (C=O) groups is 1. The topological polar surface area (TPSA) is 110 Å². The summed E-state index contributed by atoms with van der Waals surface area (Å²) in [6, 6.07) is 5.01. The van der Waals surface area contributed by atoms with Crippen molar-refractivity contribution in [2.24, 2.45) is 10.7 Å². The maximum Gasteiger partial charge on any atom is 0.252 e. The van der Waals surface area contributed by atoms with Gasteiger partial charge >= 0.3 is 0 Å². The van der Waals surface area contributed by atoms with Crippen LogP contribution in [0.4, 0.5) is 4.39 Å². The van der Waals surface area contributed by atoms with E-state index in [0.29, 0.717) is 6.42 Å². The van der Waals surface area contributed by atoms with Gasteiger partial charge in [-0.05, 0) is 37.6 Å². The molecule has 2 unspecified atom stereocenters. The molecule has 7 nitrogen and oxygen atoms in total. The fourth-order valence-corrected chi connectivity index (χ4v) is 4.51. The van der Waals surface area contributed by atoms with E-state index in [9.17, 15) is 19.4 Å². The number of hydrogen-bond acceptors (Lipinski definition) is 5. The lowest BCUT2D eigenvalue weighted by molar-refractivity contribution is -0.0170. The molecule has 4 N–H and O–H groups in total. The zero-order valence-corrected chi connectivity index (χ0v) is 17.4. The van der Waals surface area contributed by atoms with Gasteiger partial charge in [0.1, 0.15) is 29.9 Å². The molecule has 1 aliphatic heterocycles. The molecule has 31 heavy (non-hydrogen) atoms. The lowest BCUT2D eigenvalue weighted by atomic mass is 9.96. The first-order valence-corrected chi connectivity index (χ1v) is 10.3. The van der Waals surface area contributed by atoms with Gasteiger partial charge in [0.25, 0.3) is 5.91 Å². The number of aromatic nitrogens is 1. The third kappa shape index (κ3) is 3.88. The summed E-state index contributed by atoms with van der Waals surface area (Å²) < 4.78 is 21.4. The van der Waals surface area contributed by atoms with Gasteiger partial charge in [-0.25, -0.2) is 4.39 Å². The minimum absolute atomic E-state index is 0.0788. The van der Waals surface area contributed by atoms with Crippen molar-refractivity contribution >= 4 is 11.6 Å². The lowest BCUT2D eigenvalue weighted by Gasteiger charge is -2.24. The highest BCUT2D eigenvalue weighted by Gasteiger charge is 2.45. The van der Waals surface area contributed by atoms with E-state index in [-0.39, 0.29) is 17.2 Å². The summed E-state index contributed by atoms with van der Waals surface area (Å²) in [4.78, 5) is 16.1. The first kappa shape index (κ1) is 21.3. The van der Waals surface area contributed by atoms with Gasteiger partial charge < -0.3 is 25.3 Å². The first-order valence-electron chi connectivity index (χ1n) is 10.3. The van der Waals surface area contributed by atoms with E-state index in [1.54, 1.807) is 0 Å². The van der Waals surface area contributed by atoms with Gasteiger partial charge in [0.2, 0.25) is 0 Å². The molecule has 5 atom stereocenters. The summed E-state index contributed by atoms with van der Waals surface area (Å²) in [5, 5.41) is 21.5. The van der Waals surface area contributed by atoms with Crippen molar-refractivity contribution in [3.8, 4) is 5.75 Å². The van der Waals surface area contributed by atoms with E-state index in [2.05, 4.69) is 11.9 Å². The molecule has 0 saturated heterocycles. The summed E-state index contributed by atoms with van der Waals surface area (Å²) in [7, 11) is 0. The number of rotatable bonds is 4. The molecule has 4 rings (SSSR count). The molecule has 8 heteroatoms. The van der Waals surface area contributed by atoms with Crippen LogP contribution in [0.5, 0.6) is 5.75 Å². The van der Waals surface area contributed by atoms with Crippen molar-refractivity contribution in [1.82, 2.24) is 4.57 Å². The maximum atomic E-state index is 13.5. The number of aliphatic imine (C=N–C) groups is 1. The predicted octanol–water partition coefficient (Wildman–Crippen LogP) is 2.67. The van der Waals surface area contributed by atoms with Crippen LogP contribution in [0.25, 0.3) is 0 Å². The quantitative estimate of drug-likeness (QED) is 0.697. The van der Waals surface area contributed by atoms with Crippen LogP contribution in [0.3, 0.4) is 0 Å². The average Bonchev–Trinajstić information content (AvgIpc) is 3.27. The Morgan fingerprint density at radius 3 is 2.81 bits per heavy atom. The Labute approximate surface area is 179 Å². The molecule has 1 aliphatic carbocycles. The number of benzene rings is 1. The van der Waals surface area contributed by atoms with Crippen LogP contribution in [0.2, 0.25) is 0 Å². The second kappa shape index (κ2) is 8.28. The van der Waals surface area contributed by atoms with Gasteiger partial charge in [0.15, 0.2) is 0 Å². The van der Waals surface area contributed by atoms with Gasteiger partial charge in [-0.15, -0.1) is 0 Å². The molecule has 164 valence electrons. The number of primary amides is 1. The number of halogens is 1. The summed E-state index contributed by atoms with van der Waals surface area (Å²) in [5.74, 6) is -1.18. The van der Waals surface area contributed by atoms with E-state index in [4.69, 9.17) is 10.5 Å². The van der Waals surface area contributed by atoms with E-state index < -0.39 is 36.1 Å². The van der Waals surface area contributed by atoms with Gasteiger partial charge in [0, 0.05) is 41.7 Å². The molecular formula is C23H26FN3O4. The molecule has 0 radical (unpaired) electrons. The summed E-state index contributed by atoms with van der Waals surface area (Å²) in [5.41, 5.74) is 8.17. The highest BCUT2D eigenvalue weighted by molar-refractivity contribution is 6.00. The highest BCUT2D eigenvalue weighted by atomic mass is 19.1. The van der Waals surface area contributed by atoms with Gasteiger partial charge in [-0.2, -0.15) is 0 Å². The Bertz CT molecular complexity index is 1060. The van der Waals surface area contributed by atoms with Crippen molar-refractivity contribution in [3.63, 3.8) is 0 Å². The fraction of sp³-hybridized carbons (Fsp3) is 0.391. The van der Waals surface area contributed by atoms with E-state index in [1.807, 2.05) is 36.0 Å². The number of amides is 1. The molecule has 2 aromatic rings. The molecule has 2 heterocycles. The van der Waals surface area contributed by atoms with Crippen LogP contribution in [0.15, 0.2) is 47.7 Å². The molecule has 1 amide bonds. The minimum atomic E-state index is -1.19. The van der Waals surface area contributed by atoms with Crippen molar-refractivity contribution in [2.75, 3.05) is 0 Å². The number of allylic oxidation sites excluding steroid dienone is 1. The normalized spacial score (nSPS) is 30.6. The second-order valence-corrected chi connectivity index (χ2v) is 8.20. The predicted molar refractivity (Wildman–Crippen MR) is 114 cm³/mol. The van der Waals surface area contributed by atoms with E-state index >= 15 is 0 Å². The molecule has 1 saturated carbocycles. The highest BCUT2D eigenvalue weighted by Crippen LogP contribution is 2.38. The Morgan fingerprint density at radius 2 is 2.06 bits per heavy atom. The monoisotopic (exact) mass is 427 g/mol. The summed E-state index contributed by atoms with van der Waals surface area (Å²) in [6.07, 6.45) is 3.77. The van der Waals surface area contributed by atoms with Crippen LogP contribution in [-0.4, -0.2) is 44.7 Å². The largest absolute Gasteiger partial charge is 0.487 e. The Kier molecular flexibility index (Phi) is 5.68. The zero-order valence-electron chi connectivity index (χ0n) is 17.4. The zero-order chi connectivity index (χ0) is 22.3. The fourth-order valence-electron chi connectivity index (χ4n) is 4.51. The van der Waals surface area contributed by atoms with Crippen LogP contribution in [0, 0.1) is 5.82 Å².